The minimum atomic E-state index is -3.67. The number of nitrogen functional groups attached to an aromatic ring is 1. The van der Waals surface area contributed by atoms with Crippen LogP contribution in [0.4, 0.5) is 5.69 Å². The number of guanidine groups is 1. The average molecular weight is 624 g/mol. The summed E-state index contributed by atoms with van der Waals surface area (Å²) in [6.07, 6.45) is 1.11. The number of aliphatic imine (C=N–C) groups is 1. The number of nitrogens with two attached hydrogens (primary N) is 1. The molecular formula is C25H29N5O10S2. The normalized spacial score (nSPS) is 12.4. The predicted molar refractivity (Wildman–Crippen MR) is 157 cm³/mol. The molecule has 0 aromatic heterocycles. The van der Waals surface area contributed by atoms with Crippen LogP contribution in [0.3, 0.4) is 0 Å². The number of carbonyl (C=O) groups is 2. The van der Waals surface area contributed by atoms with E-state index in [0.29, 0.717) is 52.5 Å². The van der Waals surface area contributed by atoms with Crippen molar-refractivity contribution in [1.82, 2.24) is 5.32 Å². The van der Waals surface area contributed by atoms with E-state index in [1.54, 1.807) is 54.6 Å². The highest BCUT2D eigenvalue weighted by atomic mass is 32.2. The maximum Gasteiger partial charge on any atom is 0.343 e. The number of nitrogens with one attached hydrogen (secondary N) is 3. The summed E-state index contributed by atoms with van der Waals surface area (Å²) in [5.74, 6) is -0.880. The molecule has 1 heterocycles. The second-order valence-corrected chi connectivity index (χ2v) is 11.6. The number of carbonyl (C=O) groups excluding carboxylic acids is 1. The second-order valence-electron chi connectivity index (χ2n) is 8.68. The molecular weight excluding hydrogens is 594 g/mol. The molecule has 0 atom stereocenters. The van der Waals surface area contributed by atoms with E-state index in [1.807, 2.05) is 0 Å². The number of benzene rings is 3. The van der Waals surface area contributed by atoms with E-state index in [1.165, 1.54) is 0 Å². The number of fused-ring (bicyclic) bond motifs is 1. The molecule has 8 N–H and O–H groups in total. The van der Waals surface area contributed by atoms with Crippen LogP contribution in [-0.4, -0.2) is 80.4 Å². The number of rotatable bonds is 6. The number of aliphatic carboxylic acids is 1. The fourth-order valence-electron chi connectivity index (χ4n) is 3.44. The van der Waals surface area contributed by atoms with E-state index in [2.05, 4.69) is 15.6 Å². The summed E-state index contributed by atoms with van der Waals surface area (Å²) >= 11 is 0. The van der Waals surface area contributed by atoms with Gasteiger partial charge in [-0.2, -0.15) is 16.8 Å². The predicted octanol–water partition coefficient (Wildman–Crippen LogP) is 1.35. The Morgan fingerprint density at radius 2 is 1.57 bits per heavy atom. The van der Waals surface area contributed by atoms with Crippen LogP contribution in [0.25, 0.3) is 10.8 Å². The molecule has 0 fully saturated rings. The number of nitrogens with zero attached hydrogens (tertiary/aromatic N) is 1. The van der Waals surface area contributed by atoms with Crippen molar-refractivity contribution in [3.63, 3.8) is 0 Å². The lowest BCUT2D eigenvalue weighted by atomic mass is 9.99. The van der Waals surface area contributed by atoms with E-state index < -0.39 is 32.2 Å². The van der Waals surface area contributed by atoms with E-state index in [-0.39, 0.29) is 18.0 Å². The molecule has 1 aliphatic heterocycles. The Balaban J connectivity index is 0.000000533. The molecule has 0 amide bonds. The van der Waals surface area contributed by atoms with Gasteiger partial charge in [-0.15, -0.1) is 0 Å². The first-order valence-corrected chi connectivity index (χ1v) is 15.4. The van der Waals surface area contributed by atoms with Gasteiger partial charge in [-0.3, -0.25) is 24.3 Å². The minimum Gasteiger partial charge on any atom is -0.481 e. The van der Waals surface area contributed by atoms with E-state index in [4.69, 9.17) is 25.0 Å². The molecule has 17 heteroatoms. The van der Waals surface area contributed by atoms with Gasteiger partial charge in [0.2, 0.25) is 0 Å². The molecule has 226 valence electrons. The average Bonchev–Trinajstić information content (AvgIpc) is 3.36. The zero-order valence-electron chi connectivity index (χ0n) is 22.4. The Morgan fingerprint density at radius 3 is 2.07 bits per heavy atom. The first-order valence-electron chi connectivity index (χ1n) is 11.7. The fraction of sp³-hybridized carbons (Fsp3) is 0.200. The van der Waals surface area contributed by atoms with Crippen molar-refractivity contribution in [1.29, 1.82) is 5.41 Å². The molecule has 1 aliphatic rings. The molecule has 3 aromatic rings. The van der Waals surface area contributed by atoms with Gasteiger partial charge in [0.15, 0.2) is 5.96 Å². The van der Waals surface area contributed by atoms with Crippen LogP contribution in [0.2, 0.25) is 0 Å². The Morgan fingerprint density at radius 1 is 1.00 bits per heavy atom. The van der Waals surface area contributed by atoms with Gasteiger partial charge < -0.3 is 26.2 Å². The summed E-state index contributed by atoms with van der Waals surface area (Å²) in [5.41, 5.74) is 7.54. The van der Waals surface area contributed by atoms with Gasteiger partial charge >= 0.3 is 11.9 Å². The van der Waals surface area contributed by atoms with Gasteiger partial charge in [-0.1, -0.05) is 18.2 Å². The molecule has 0 radical (unpaired) electrons. The quantitative estimate of drug-likeness (QED) is 0.0673. The maximum absolute atomic E-state index is 12.7. The highest BCUT2D eigenvalue weighted by molar-refractivity contribution is 7.85. The fourth-order valence-corrected chi connectivity index (χ4v) is 3.44. The number of ether oxygens (including phenoxy) is 1. The monoisotopic (exact) mass is 623 g/mol. The zero-order chi connectivity index (χ0) is 31.7. The van der Waals surface area contributed by atoms with E-state index >= 15 is 0 Å². The third kappa shape index (κ3) is 12.3. The van der Waals surface area contributed by atoms with Gasteiger partial charge in [-0.05, 0) is 47.2 Å². The van der Waals surface area contributed by atoms with Gasteiger partial charge in [0.05, 0.1) is 31.0 Å². The summed E-state index contributed by atoms with van der Waals surface area (Å²) in [6, 6.07) is 15.0. The van der Waals surface area contributed by atoms with Crippen molar-refractivity contribution in [2.24, 2.45) is 10.7 Å². The van der Waals surface area contributed by atoms with Crippen molar-refractivity contribution < 1.29 is 45.4 Å². The summed E-state index contributed by atoms with van der Waals surface area (Å²) in [5, 5.41) is 24.5. The lowest BCUT2D eigenvalue weighted by molar-refractivity contribution is -0.136. The first-order chi connectivity index (χ1) is 19.4. The minimum absolute atomic E-state index is 0.0871. The summed E-state index contributed by atoms with van der Waals surface area (Å²) in [4.78, 5) is 28.4. The molecule has 4 rings (SSSR count). The van der Waals surface area contributed by atoms with Crippen LogP contribution >= 0.6 is 0 Å². The molecule has 0 bridgehead atoms. The van der Waals surface area contributed by atoms with Crippen LogP contribution in [0.15, 0.2) is 59.6 Å². The second kappa shape index (κ2) is 14.4. The Hall–Kier alpha value is -4.58. The number of anilines is 1. The molecule has 15 nitrogen and oxygen atoms in total. The molecule has 0 aliphatic carbocycles. The van der Waals surface area contributed by atoms with Crippen LogP contribution < -0.4 is 21.1 Å². The lowest BCUT2D eigenvalue weighted by Gasteiger charge is -2.13. The highest BCUT2D eigenvalue weighted by Gasteiger charge is 2.17. The highest BCUT2D eigenvalue weighted by Crippen LogP contribution is 2.30. The third-order valence-corrected chi connectivity index (χ3v) is 4.99. The van der Waals surface area contributed by atoms with Gasteiger partial charge in [-0.25, -0.2) is 4.79 Å². The Bertz CT molecular complexity index is 1680. The van der Waals surface area contributed by atoms with Gasteiger partial charge in [0.1, 0.15) is 11.6 Å². The number of carboxylic acids is 1. The molecule has 0 saturated carbocycles. The molecule has 0 spiro atoms. The smallest absolute Gasteiger partial charge is 0.343 e. The summed E-state index contributed by atoms with van der Waals surface area (Å²) < 4.78 is 57.3. The number of hydrogen-bond acceptors (Lipinski definition) is 11. The number of hydrogen-bond donors (Lipinski definition) is 7. The van der Waals surface area contributed by atoms with Gasteiger partial charge in [0.25, 0.3) is 20.2 Å². The van der Waals surface area contributed by atoms with Crippen LogP contribution in [-0.2, 0) is 31.5 Å². The summed E-state index contributed by atoms with van der Waals surface area (Å²) in [6.45, 7) is 1.50. The topological polar surface area (TPSA) is 259 Å². The zero-order valence-corrected chi connectivity index (χ0v) is 24.0. The van der Waals surface area contributed by atoms with Gasteiger partial charge in [0, 0.05) is 23.4 Å². The maximum atomic E-state index is 12.7. The molecule has 42 heavy (non-hydrogen) atoms. The molecule has 3 aromatic carbocycles. The standard InChI is InChI=1S/C23H21N5O4.2CH4O3S/c24-21(25)15-3-7-17-14(11-15)4-8-19(18(17)12-20(29)30)32-22(31)13-1-5-16(6-2-13)28-23-26-9-10-27-23;2*1-5(2,3)4/h1-8,11H,9-10,12H2,(H3,24,25)(H,29,30)(H2,26,27,28);2*1H3,(H,2,3,4). The number of esters is 1. The SMILES string of the molecule is CS(=O)(=O)O.CS(=O)(=O)O.N=C(N)c1ccc2c(CC(=O)O)c(OC(=O)c3ccc(NC4=NCCN4)cc3)ccc2c1. The van der Waals surface area contributed by atoms with Crippen molar-refractivity contribution in [2.75, 3.05) is 30.9 Å². The molecule has 0 saturated heterocycles. The van der Waals surface area contributed by atoms with Crippen molar-refractivity contribution in [3.8, 4) is 5.75 Å². The lowest BCUT2D eigenvalue weighted by Crippen LogP contribution is -2.26. The Kier molecular flexibility index (Phi) is 11.5. The van der Waals surface area contributed by atoms with Crippen molar-refractivity contribution in [3.05, 3.63) is 71.3 Å². The van der Waals surface area contributed by atoms with Crippen LogP contribution in [0, 0.1) is 5.41 Å². The Labute approximate surface area is 241 Å². The number of amidine groups is 1. The van der Waals surface area contributed by atoms with E-state index in [0.717, 1.165) is 12.2 Å². The van der Waals surface area contributed by atoms with Crippen LogP contribution in [0.1, 0.15) is 21.5 Å². The summed E-state index contributed by atoms with van der Waals surface area (Å²) in [7, 11) is -7.33. The van der Waals surface area contributed by atoms with Crippen molar-refractivity contribution >= 4 is 60.4 Å². The largest absolute Gasteiger partial charge is 0.481 e. The van der Waals surface area contributed by atoms with Crippen molar-refractivity contribution in [2.45, 2.75) is 6.42 Å². The van der Waals surface area contributed by atoms with E-state index in [9.17, 15) is 31.5 Å². The number of carboxylic acid groups (broad SMARTS) is 1. The molecule has 0 unspecified atom stereocenters. The van der Waals surface area contributed by atoms with Crippen LogP contribution in [0.5, 0.6) is 5.75 Å². The first kappa shape index (κ1) is 33.6. The third-order valence-electron chi connectivity index (χ3n) is 4.99.